The average Bonchev–Trinajstić information content (AvgIpc) is 2.39. The fourth-order valence-electron chi connectivity index (χ4n) is 1.56. The molecular weight excluding hydrogens is 264 g/mol. The predicted octanol–water partition coefficient (Wildman–Crippen LogP) is 1.94. The molecule has 1 heterocycles. The van der Waals surface area contributed by atoms with E-state index in [4.69, 9.17) is 0 Å². The van der Waals surface area contributed by atoms with Crippen LogP contribution >= 0.6 is 0 Å². The maximum absolute atomic E-state index is 12.1. The molecule has 2 rings (SSSR count). The van der Waals surface area contributed by atoms with E-state index in [0.717, 1.165) is 0 Å². The van der Waals surface area contributed by atoms with E-state index in [2.05, 4.69) is 9.71 Å². The first-order valence-corrected chi connectivity index (χ1v) is 7.18. The molecule has 5 nitrogen and oxygen atoms in total. The van der Waals surface area contributed by atoms with Crippen molar-refractivity contribution in [2.45, 2.75) is 17.9 Å². The number of aliphatic hydroxyl groups is 1. The lowest BCUT2D eigenvalue weighted by Gasteiger charge is -2.09. The Morgan fingerprint density at radius 3 is 2.21 bits per heavy atom. The van der Waals surface area contributed by atoms with E-state index in [1.54, 1.807) is 31.2 Å². The minimum Gasteiger partial charge on any atom is -0.389 e. The molecule has 19 heavy (non-hydrogen) atoms. The van der Waals surface area contributed by atoms with Crippen molar-refractivity contribution in [1.82, 2.24) is 4.98 Å². The molecule has 0 amide bonds. The molecule has 6 heteroatoms. The fraction of sp³-hybridized carbons (Fsp3) is 0.154. The number of hydrogen-bond acceptors (Lipinski definition) is 4. The maximum Gasteiger partial charge on any atom is 0.261 e. The lowest BCUT2D eigenvalue weighted by molar-refractivity contribution is 0.199. The van der Waals surface area contributed by atoms with Crippen LogP contribution in [0.15, 0.2) is 53.7 Å². The summed E-state index contributed by atoms with van der Waals surface area (Å²) in [6.07, 6.45) is 2.40. The molecule has 100 valence electrons. The molecule has 0 bridgehead atoms. The molecule has 2 aromatic rings. The second-order valence-electron chi connectivity index (χ2n) is 4.09. The van der Waals surface area contributed by atoms with Crippen LogP contribution < -0.4 is 4.72 Å². The monoisotopic (exact) mass is 278 g/mol. The van der Waals surface area contributed by atoms with Crippen molar-refractivity contribution in [1.29, 1.82) is 0 Å². The Kier molecular flexibility index (Phi) is 3.82. The third-order valence-corrected chi connectivity index (χ3v) is 4.00. The third kappa shape index (κ3) is 3.30. The van der Waals surface area contributed by atoms with Gasteiger partial charge in [0.15, 0.2) is 0 Å². The third-order valence-electron chi connectivity index (χ3n) is 2.61. The van der Waals surface area contributed by atoms with E-state index in [-0.39, 0.29) is 4.90 Å². The van der Waals surface area contributed by atoms with Gasteiger partial charge in [-0.2, -0.15) is 0 Å². The molecule has 1 unspecified atom stereocenters. The van der Waals surface area contributed by atoms with E-state index in [0.29, 0.717) is 11.3 Å². The molecule has 0 aliphatic heterocycles. The summed E-state index contributed by atoms with van der Waals surface area (Å²) in [5.41, 5.74) is 1.12. The predicted molar refractivity (Wildman–Crippen MR) is 72.1 cm³/mol. The SMILES string of the molecule is CC(O)c1ccc(S(=O)(=O)Nc2ccncc2)cc1. The highest BCUT2D eigenvalue weighted by Gasteiger charge is 2.14. The van der Waals surface area contributed by atoms with Crippen LogP contribution in [-0.4, -0.2) is 18.5 Å². The molecule has 0 radical (unpaired) electrons. The van der Waals surface area contributed by atoms with E-state index in [1.807, 2.05) is 0 Å². The summed E-state index contributed by atoms with van der Waals surface area (Å²) in [5.74, 6) is 0. The zero-order valence-electron chi connectivity index (χ0n) is 10.3. The van der Waals surface area contributed by atoms with Crippen LogP contribution in [0.3, 0.4) is 0 Å². The Balaban J connectivity index is 2.25. The van der Waals surface area contributed by atoms with Crippen LogP contribution in [0.25, 0.3) is 0 Å². The van der Waals surface area contributed by atoms with Crippen LogP contribution in [0.4, 0.5) is 5.69 Å². The van der Waals surface area contributed by atoms with E-state index < -0.39 is 16.1 Å². The molecule has 1 aromatic heterocycles. The number of nitrogens with one attached hydrogen (secondary N) is 1. The molecule has 0 aliphatic rings. The van der Waals surface area contributed by atoms with Crippen molar-refractivity contribution in [3.63, 3.8) is 0 Å². The topological polar surface area (TPSA) is 79.3 Å². The lowest BCUT2D eigenvalue weighted by Crippen LogP contribution is -2.13. The first-order valence-electron chi connectivity index (χ1n) is 5.70. The summed E-state index contributed by atoms with van der Waals surface area (Å²) in [7, 11) is -3.62. The molecular formula is C13H14N2O3S. The second kappa shape index (κ2) is 5.38. The Bertz CT molecular complexity index is 637. The van der Waals surface area contributed by atoms with Gasteiger partial charge in [-0.3, -0.25) is 9.71 Å². The number of nitrogens with zero attached hydrogens (tertiary/aromatic N) is 1. The quantitative estimate of drug-likeness (QED) is 0.895. The molecule has 0 saturated carbocycles. The molecule has 1 aromatic carbocycles. The normalized spacial score (nSPS) is 12.9. The van der Waals surface area contributed by atoms with Crippen molar-refractivity contribution < 1.29 is 13.5 Å². The zero-order valence-corrected chi connectivity index (χ0v) is 11.1. The second-order valence-corrected chi connectivity index (χ2v) is 5.77. The number of benzene rings is 1. The molecule has 0 saturated heterocycles. The molecule has 0 fully saturated rings. The Morgan fingerprint density at radius 2 is 1.68 bits per heavy atom. The number of aliphatic hydroxyl groups excluding tert-OH is 1. The largest absolute Gasteiger partial charge is 0.389 e. The highest BCUT2D eigenvalue weighted by Crippen LogP contribution is 2.18. The smallest absolute Gasteiger partial charge is 0.261 e. The van der Waals surface area contributed by atoms with Gasteiger partial charge in [-0.1, -0.05) is 12.1 Å². The van der Waals surface area contributed by atoms with Crippen molar-refractivity contribution >= 4 is 15.7 Å². The average molecular weight is 278 g/mol. The number of aromatic nitrogens is 1. The van der Waals surface area contributed by atoms with Gasteiger partial charge >= 0.3 is 0 Å². The van der Waals surface area contributed by atoms with Crippen molar-refractivity contribution in [3.05, 3.63) is 54.4 Å². The van der Waals surface area contributed by atoms with Crippen LogP contribution in [0.1, 0.15) is 18.6 Å². The van der Waals surface area contributed by atoms with Gasteiger partial charge < -0.3 is 5.11 Å². The summed E-state index contributed by atoms with van der Waals surface area (Å²) in [6.45, 7) is 1.62. The number of hydrogen-bond donors (Lipinski definition) is 2. The minimum atomic E-state index is -3.62. The van der Waals surface area contributed by atoms with Crippen LogP contribution in [0.5, 0.6) is 0 Å². The maximum atomic E-state index is 12.1. The van der Waals surface area contributed by atoms with Crippen molar-refractivity contribution in [2.75, 3.05) is 4.72 Å². The summed E-state index contributed by atoms with van der Waals surface area (Å²) in [4.78, 5) is 3.96. The summed E-state index contributed by atoms with van der Waals surface area (Å²) in [5, 5.41) is 9.38. The van der Waals surface area contributed by atoms with Gasteiger partial charge in [0, 0.05) is 12.4 Å². The van der Waals surface area contributed by atoms with E-state index in [9.17, 15) is 13.5 Å². The Labute approximate surface area is 112 Å². The van der Waals surface area contributed by atoms with Crippen molar-refractivity contribution in [3.8, 4) is 0 Å². The number of anilines is 1. The lowest BCUT2D eigenvalue weighted by atomic mass is 10.1. The summed E-state index contributed by atoms with van der Waals surface area (Å²) in [6, 6.07) is 9.25. The van der Waals surface area contributed by atoms with Gasteiger partial charge in [0.25, 0.3) is 10.0 Å². The molecule has 0 aliphatic carbocycles. The first-order chi connectivity index (χ1) is 8.99. The van der Waals surface area contributed by atoms with E-state index in [1.165, 1.54) is 24.5 Å². The Morgan fingerprint density at radius 1 is 1.11 bits per heavy atom. The summed E-state index contributed by atoms with van der Waals surface area (Å²) >= 11 is 0. The Hall–Kier alpha value is -1.92. The van der Waals surface area contributed by atoms with Crippen molar-refractivity contribution in [2.24, 2.45) is 0 Å². The van der Waals surface area contributed by atoms with E-state index >= 15 is 0 Å². The number of pyridine rings is 1. The summed E-state index contributed by atoms with van der Waals surface area (Å²) < 4.78 is 26.6. The zero-order chi connectivity index (χ0) is 13.9. The standard InChI is InChI=1S/C13H14N2O3S/c1-10(16)11-2-4-13(5-3-11)19(17,18)15-12-6-8-14-9-7-12/h2-10,16H,1H3,(H,14,15). The van der Waals surface area contributed by atoms with Gasteiger partial charge in [0.1, 0.15) is 0 Å². The fourth-order valence-corrected chi connectivity index (χ4v) is 2.62. The highest BCUT2D eigenvalue weighted by atomic mass is 32.2. The molecule has 2 N–H and O–H groups in total. The number of sulfonamides is 1. The van der Waals surface area contributed by atoms with Crippen LogP contribution in [0, 0.1) is 0 Å². The minimum absolute atomic E-state index is 0.147. The van der Waals surface area contributed by atoms with Gasteiger partial charge in [0.2, 0.25) is 0 Å². The van der Waals surface area contributed by atoms with Crippen LogP contribution in [-0.2, 0) is 10.0 Å². The van der Waals surface area contributed by atoms with Crippen LogP contribution in [0.2, 0.25) is 0 Å². The number of rotatable bonds is 4. The van der Waals surface area contributed by atoms with Gasteiger partial charge in [-0.05, 0) is 36.8 Å². The molecule has 1 atom stereocenters. The first kappa shape index (κ1) is 13.5. The van der Waals surface area contributed by atoms with Gasteiger partial charge in [-0.15, -0.1) is 0 Å². The highest BCUT2D eigenvalue weighted by molar-refractivity contribution is 7.92. The molecule has 0 spiro atoms. The van der Waals surface area contributed by atoms with Gasteiger partial charge in [0.05, 0.1) is 16.7 Å². The van der Waals surface area contributed by atoms with Gasteiger partial charge in [-0.25, -0.2) is 8.42 Å².